The predicted octanol–water partition coefficient (Wildman–Crippen LogP) is 2.78. The van der Waals surface area contributed by atoms with E-state index >= 15 is 0 Å². The van der Waals surface area contributed by atoms with Gasteiger partial charge in [-0.25, -0.2) is 0 Å². The Balaban J connectivity index is 2.85. The van der Waals surface area contributed by atoms with Crippen LogP contribution in [0.15, 0.2) is 0 Å². The molecule has 0 atom stereocenters. The maximum absolute atomic E-state index is 5.41. The SMILES string of the molecule is CC(C)COCCOCCCCCS. The van der Waals surface area contributed by atoms with E-state index in [1.807, 2.05) is 0 Å². The molecule has 0 unspecified atom stereocenters. The second kappa shape index (κ2) is 11.3. The molecule has 0 aliphatic heterocycles. The molecular weight excluding hydrogens is 196 g/mol. The van der Waals surface area contributed by atoms with Crippen molar-refractivity contribution in [1.82, 2.24) is 0 Å². The Morgan fingerprint density at radius 3 is 2.29 bits per heavy atom. The number of rotatable bonds is 10. The van der Waals surface area contributed by atoms with E-state index < -0.39 is 0 Å². The second-order valence-electron chi connectivity index (χ2n) is 3.87. The highest BCUT2D eigenvalue weighted by atomic mass is 32.1. The molecule has 0 aliphatic carbocycles. The average Bonchev–Trinajstić information content (AvgIpc) is 2.15. The van der Waals surface area contributed by atoms with E-state index in [-0.39, 0.29) is 0 Å². The van der Waals surface area contributed by atoms with Crippen molar-refractivity contribution in [3.8, 4) is 0 Å². The molecule has 0 heterocycles. The summed E-state index contributed by atoms with van der Waals surface area (Å²) in [6.45, 7) is 7.46. The Hall–Kier alpha value is 0.270. The molecule has 0 aromatic rings. The average molecular weight is 220 g/mol. The smallest absolute Gasteiger partial charge is 0.0700 e. The normalized spacial score (nSPS) is 11.1. The topological polar surface area (TPSA) is 18.5 Å². The summed E-state index contributed by atoms with van der Waals surface area (Å²) in [5.74, 6) is 1.60. The first-order valence-corrected chi connectivity index (χ1v) is 6.17. The van der Waals surface area contributed by atoms with Gasteiger partial charge in [-0.05, 0) is 24.5 Å². The summed E-state index contributed by atoms with van der Waals surface area (Å²) >= 11 is 4.15. The van der Waals surface area contributed by atoms with Gasteiger partial charge in [-0.15, -0.1) is 0 Å². The van der Waals surface area contributed by atoms with Gasteiger partial charge in [-0.1, -0.05) is 20.3 Å². The first kappa shape index (κ1) is 14.3. The van der Waals surface area contributed by atoms with E-state index in [1.54, 1.807) is 0 Å². The fraction of sp³-hybridized carbons (Fsp3) is 1.00. The Labute approximate surface area is 93.8 Å². The molecule has 2 nitrogen and oxygen atoms in total. The molecule has 86 valence electrons. The van der Waals surface area contributed by atoms with Crippen molar-refractivity contribution < 1.29 is 9.47 Å². The molecule has 0 rings (SSSR count). The molecule has 0 fully saturated rings. The molecule has 14 heavy (non-hydrogen) atoms. The summed E-state index contributed by atoms with van der Waals surface area (Å²) in [5, 5.41) is 0. The maximum Gasteiger partial charge on any atom is 0.0700 e. The van der Waals surface area contributed by atoms with E-state index in [2.05, 4.69) is 26.5 Å². The largest absolute Gasteiger partial charge is 0.379 e. The van der Waals surface area contributed by atoms with E-state index in [4.69, 9.17) is 9.47 Å². The summed E-state index contributed by atoms with van der Waals surface area (Å²) in [7, 11) is 0. The van der Waals surface area contributed by atoms with Gasteiger partial charge < -0.3 is 9.47 Å². The van der Waals surface area contributed by atoms with Crippen LogP contribution in [0.5, 0.6) is 0 Å². The van der Waals surface area contributed by atoms with Crippen LogP contribution < -0.4 is 0 Å². The monoisotopic (exact) mass is 220 g/mol. The lowest BCUT2D eigenvalue weighted by Gasteiger charge is -2.07. The minimum absolute atomic E-state index is 0.616. The van der Waals surface area contributed by atoms with Crippen molar-refractivity contribution in [3.63, 3.8) is 0 Å². The molecule has 3 heteroatoms. The number of unbranched alkanes of at least 4 members (excludes halogenated alkanes) is 2. The van der Waals surface area contributed by atoms with Gasteiger partial charge in [0.05, 0.1) is 13.2 Å². The molecule has 0 spiro atoms. The van der Waals surface area contributed by atoms with Gasteiger partial charge in [-0.2, -0.15) is 12.6 Å². The van der Waals surface area contributed by atoms with Crippen molar-refractivity contribution in [2.75, 3.05) is 32.2 Å². The third-order valence-electron chi connectivity index (χ3n) is 1.77. The van der Waals surface area contributed by atoms with Crippen LogP contribution in [0, 0.1) is 5.92 Å². The fourth-order valence-electron chi connectivity index (χ4n) is 1.03. The Morgan fingerprint density at radius 2 is 1.64 bits per heavy atom. The van der Waals surface area contributed by atoms with Crippen molar-refractivity contribution in [2.24, 2.45) is 5.92 Å². The highest BCUT2D eigenvalue weighted by Gasteiger charge is 1.93. The number of thiol groups is 1. The molecule has 0 N–H and O–H groups in total. The van der Waals surface area contributed by atoms with Gasteiger partial charge in [0, 0.05) is 13.2 Å². The minimum Gasteiger partial charge on any atom is -0.379 e. The van der Waals surface area contributed by atoms with Crippen LogP contribution in [0.25, 0.3) is 0 Å². The first-order chi connectivity index (χ1) is 6.77. The summed E-state index contributed by atoms with van der Waals surface area (Å²) < 4.78 is 10.8. The first-order valence-electron chi connectivity index (χ1n) is 5.53. The fourth-order valence-corrected chi connectivity index (χ4v) is 1.26. The van der Waals surface area contributed by atoms with Crippen molar-refractivity contribution >= 4 is 12.6 Å². The van der Waals surface area contributed by atoms with Crippen LogP contribution in [0.3, 0.4) is 0 Å². The van der Waals surface area contributed by atoms with Gasteiger partial charge >= 0.3 is 0 Å². The number of hydrogen-bond donors (Lipinski definition) is 1. The molecular formula is C11H24O2S. The second-order valence-corrected chi connectivity index (χ2v) is 4.31. The number of hydrogen-bond acceptors (Lipinski definition) is 3. The molecule has 0 aromatic heterocycles. The van der Waals surface area contributed by atoms with Crippen molar-refractivity contribution in [3.05, 3.63) is 0 Å². The van der Waals surface area contributed by atoms with Gasteiger partial charge in [0.1, 0.15) is 0 Å². The van der Waals surface area contributed by atoms with E-state index in [0.717, 1.165) is 38.6 Å². The molecule has 0 aliphatic rings. The molecule has 0 saturated carbocycles. The lowest BCUT2D eigenvalue weighted by molar-refractivity contribution is 0.0367. The van der Waals surface area contributed by atoms with Crippen LogP contribution in [0.4, 0.5) is 0 Å². The standard InChI is InChI=1S/C11H24O2S/c1-11(2)10-13-8-7-12-6-4-3-5-9-14/h11,14H,3-10H2,1-2H3. The van der Waals surface area contributed by atoms with Crippen LogP contribution in [0.2, 0.25) is 0 Å². The van der Waals surface area contributed by atoms with Gasteiger partial charge in [0.2, 0.25) is 0 Å². The predicted molar refractivity (Wildman–Crippen MR) is 64.2 cm³/mol. The molecule has 0 radical (unpaired) electrons. The van der Waals surface area contributed by atoms with Crippen molar-refractivity contribution in [2.45, 2.75) is 33.1 Å². The summed E-state index contributed by atoms with van der Waals surface area (Å²) in [6, 6.07) is 0. The maximum atomic E-state index is 5.41. The molecule has 0 amide bonds. The third-order valence-corrected chi connectivity index (χ3v) is 2.09. The zero-order chi connectivity index (χ0) is 10.6. The Bertz CT molecular complexity index is 107. The van der Waals surface area contributed by atoms with Gasteiger partial charge in [0.15, 0.2) is 0 Å². The van der Waals surface area contributed by atoms with Crippen LogP contribution in [-0.2, 0) is 9.47 Å². The highest BCUT2D eigenvalue weighted by molar-refractivity contribution is 7.80. The van der Waals surface area contributed by atoms with Crippen molar-refractivity contribution in [1.29, 1.82) is 0 Å². The zero-order valence-corrected chi connectivity index (χ0v) is 10.4. The number of ether oxygens (including phenoxy) is 2. The summed E-state index contributed by atoms with van der Waals surface area (Å²) in [6.07, 6.45) is 3.55. The Morgan fingerprint density at radius 1 is 0.929 bits per heavy atom. The molecule has 0 aromatic carbocycles. The van der Waals surface area contributed by atoms with Crippen LogP contribution >= 0.6 is 12.6 Å². The van der Waals surface area contributed by atoms with E-state index in [9.17, 15) is 0 Å². The third kappa shape index (κ3) is 12.3. The molecule has 0 saturated heterocycles. The van der Waals surface area contributed by atoms with Crippen LogP contribution in [0.1, 0.15) is 33.1 Å². The zero-order valence-electron chi connectivity index (χ0n) is 9.50. The van der Waals surface area contributed by atoms with Gasteiger partial charge in [0.25, 0.3) is 0 Å². The highest BCUT2D eigenvalue weighted by Crippen LogP contribution is 1.97. The quantitative estimate of drug-likeness (QED) is 0.451. The van der Waals surface area contributed by atoms with Gasteiger partial charge in [-0.3, -0.25) is 0 Å². The lowest BCUT2D eigenvalue weighted by atomic mass is 10.2. The summed E-state index contributed by atoms with van der Waals surface area (Å²) in [5.41, 5.74) is 0. The van der Waals surface area contributed by atoms with E-state index in [0.29, 0.717) is 5.92 Å². The van der Waals surface area contributed by atoms with E-state index in [1.165, 1.54) is 12.8 Å². The molecule has 0 bridgehead atoms. The Kier molecular flexibility index (Phi) is 11.6. The summed E-state index contributed by atoms with van der Waals surface area (Å²) in [4.78, 5) is 0. The minimum atomic E-state index is 0.616. The lowest BCUT2D eigenvalue weighted by Crippen LogP contribution is -2.09. The van der Waals surface area contributed by atoms with Crippen LogP contribution in [-0.4, -0.2) is 32.2 Å².